The molecule has 2 atom stereocenters. The molecule has 21 heavy (non-hydrogen) atoms. The Hall–Kier alpha value is -1.62. The van der Waals surface area contributed by atoms with E-state index in [1.165, 1.54) is 0 Å². The smallest absolute Gasteiger partial charge is 0.222 e. The molecule has 1 saturated heterocycles. The highest BCUT2D eigenvalue weighted by molar-refractivity contribution is 5.76. The van der Waals surface area contributed by atoms with E-state index >= 15 is 0 Å². The monoisotopic (exact) mass is 289 g/mol. The maximum Gasteiger partial charge on any atom is 0.222 e. The first-order valence-corrected chi connectivity index (χ1v) is 7.74. The third-order valence-corrected chi connectivity index (χ3v) is 4.46. The van der Waals surface area contributed by atoms with Gasteiger partial charge in [-0.15, -0.1) is 0 Å². The van der Waals surface area contributed by atoms with Crippen LogP contribution in [0.25, 0.3) is 0 Å². The minimum Gasteiger partial charge on any atom is -0.380 e. The first kappa shape index (κ1) is 14.3. The van der Waals surface area contributed by atoms with Crippen molar-refractivity contribution in [3.63, 3.8) is 0 Å². The Bertz CT molecular complexity index is 520. The molecule has 0 radical (unpaired) electrons. The Morgan fingerprint density at radius 1 is 1.48 bits per heavy atom. The number of aromatic nitrogens is 1. The van der Waals surface area contributed by atoms with Gasteiger partial charge in [-0.1, -0.05) is 13.0 Å². The zero-order valence-corrected chi connectivity index (χ0v) is 12.8. The van der Waals surface area contributed by atoms with Crippen LogP contribution in [0.15, 0.2) is 18.3 Å². The SMILES string of the molecule is CCCC(=O)N1Cc2cccnc2N2C[C@H](OC)C[C@@H]2C1. The summed E-state index contributed by atoms with van der Waals surface area (Å²) < 4.78 is 5.53. The third kappa shape index (κ3) is 2.75. The summed E-state index contributed by atoms with van der Waals surface area (Å²) in [6, 6.07) is 4.34. The lowest BCUT2D eigenvalue weighted by Gasteiger charge is -2.26. The zero-order chi connectivity index (χ0) is 14.8. The van der Waals surface area contributed by atoms with Gasteiger partial charge in [-0.25, -0.2) is 4.98 Å². The third-order valence-electron chi connectivity index (χ3n) is 4.46. The quantitative estimate of drug-likeness (QED) is 0.851. The van der Waals surface area contributed by atoms with Crippen molar-refractivity contribution in [2.45, 2.75) is 44.9 Å². The van der Waals surface area contributed by atoms with E-state index in [1.807, 2.05) is 24.1 Å². The van der Waals surface area contributed by atoms with Crippen LogP contribution in [0.5, 0.6) is 0 Å². The molecule has 3 rings (SSSR count). The molecule has 1 fully saturated rings. The van der Waals surface area contributed by atoms with Gasteiger partial charge >= 0.3 is 0 Å². The first-order chi connectivity index (χ1) is 10.2. The second kappa shape index (κ2) is 6.02. The maximum absolute atomic E-state index is 12.4. The number of pyridine rings is 1. The van der Waals surface area contributed by atoms with Crippen molar-refractivity contribution in [2.24, 2.45) is 0 Å². The lowest BCUT2D eigenvalue weighted by molar-refractivity contribution is -0.132. The molecule has 1 amide bonds. The number of nitrogens with zero attached hydrogens (tertiary/aromatic N) is 3. The van der Waals surface area contributed by atoms with E-state index in [-0.39, 0.29) is 12.0 Å². The average Bonchev–Trinajstić information content (AvgIpc) is 2.83. The van der Waals surface area contributed by atoms with Gasteiger partial charge in [0.25, 0.3) is 0 Å². The Kier molecular flexibility index (Phi) is 4.10. The molecule has 0 spiro atoms. The topological polar surface area (TPSA) is 45.7 Å². The largest absolute Gasteiger partial charge is 0.380 e. The van der Waals surface area contributed by atoms with Gasteiger partial charge in [0, 0.05) is 44.9 Å². The van der Waals surface area contributed by atoms with Crippen LogP contribution < -0.4 is 4.90 Å². The minimum absolute atomic E-state index is 0.228. The number of carbonyl (C=O) groups excluding carboxylic acids is 1. The lowest BCUT2D eigenvalue weighted by Crippen LogP contribution is -2.40. The fourth-order valence-corrected chi connectivity index (χ4v) is 3.38. The van der Waals surface area contributed by atoms with Crippen LogP contribution >= 0.6 is 0 Å². The normalized spacial score (nSPS) is 24.5. The van der Waals surface area contributed by atoms with Crippen LogP contribution in [0, 0.1) is 0 Å². The van der Waals surface area contributed by atoms with Crippen molar-refractivity contribution in [1.29, 1.82) is 0 Å². The number of anilines is 1. The molecule has 2 aliphatic rings. The van der Waals surface area contributed by atoms with Gasteiger partial charge in [-0.3, -0.25) is 4.79 Å². The average molecular weight is 289 g/mol. The molecule has 5 heteroatoms. The summed E-state index contributed by atoms with van der Waals surface area (Å²) >= 11 is 0. The van der Waals surface area contributed by atoms with Crippen molar-refractivity contribution < 1.29 is 9.53 Å². The number of hydrogen-bond donors (Lipinski definition) is 0. The predicted molar refractivity (Wildman–Crippen MR) is 81.1 cm³/mol. The van der Waals surface area contributed by atoms with Crippen molar-refractivity contribution in [3.8, 4) is 0 Å². The number of hydrogen-bond acceptors (Lipinski definition) is 4. The highest BCUT2D eigenvalue weighted by atomic mass is 16.5. The van der Waals surface area contributed by atoms with E-state index in [9.17, 15) is 4.79 Å². The van der Waals surface area contributed by atoms with Gasteiger partial charge in [0.05, 0.1) is 12.1 Å². The summed E-state index contributed by atoms with van der Waals surface area (Å²) in [5, 5.41) is 0. The molecule has 1 aromatic rings. The standard InChI is InChI=1S/C16H23N3O2/c1-3-5-15(20)18-9-12-6-4-7-17-16(12)19-11-14(21-2)8-13(19)10-18/h4,6-7,13-14H,3,5,8-11H2,1-2H3/t13-,14-/m1/s1. The van der Waals surface area contributed by atoms with E-state index in [0.29, 0.717) is 19.0 Å². The molecular formula is C16H23N3O2. The lowest BCUT2D eigenvalue weighted by atomic mass is 10.1. The minimum atomic E-state index is 0.228. The Balaban J connectivity index is 1.91. The van der Waals surface area contributed by atoms with Gasteiger partial charge in [-0.05, 0) is 18.9 Å². The number of ether oxygens (including phenoxy) is 1. The molecule has 0 bridgehead atoms. The summed E-state index contributed by atoms with van der Waals surface area (Å²) in [6.07, 6.45) is 4.54. The van der Waals surface area contributed by atoms with Crippen molar-refractivity contribution in [1.82, 2.24) is 9.88 Å². The molecule has 114 valence electrons. The Morgan fingerprint density at radius 2 is 2.33 bits per heavy atom. The van der Waals surface area contributed by atoms with Gasteiger partial charge in [0.1, 0.15) is 5.82 Å². The number of carbonyl (C=O) groups is 1. The van der Waals surface area contributed by atoms with Crippen molar-refractivity contribution in [3.05, 3.63) is 23.9 Å². The number of methoxy groups -OCH3 is 1. The second-order valence-corrected chi connectivity index (χ2v) is 5.91. The summed E-state index contributed by atoms with van der Waals surface area (Å²) in [6.45, 7) is 4.36. The van der Waals surface area contributed by atoms with Crippen molar-refractivity contribution >= 4 is 11.7 Å². The van der Waals surface area contributed by atoms with Crippen molar-refractivity contribution in [2.75, 3.05) is 25.1 Å². The molecule has 5 nitrogen and oxygen atoms in total. The summed E-state index contributed by atoms with van der Waals surface area (Å²) in [5.74, 6) is 1.27. The van der Waals surface area contributed by atoms with Gasteiger partial charge in [0.15, 0.2) is 0 Å². The van der Waals surface area contributed by atoms with Crippen LogP contribution in [0.2, 0.25) is 0 Å². The van der Waals surface area contributed by atoms with E-state index in [4.69, 9.17) is 4.74 Å². The van der Waals surface area contributed by atoms with E-state index < -0.39 is 0 Å². The van der Waals surface area contributed by atoms with E-state index in [1.54, 1.807) is 7.11 Å². The summed E-state index contributed by atoms with van der Waals surface area (Å²) in [7, 11) is 1.76. The predicted octanol–water partition coefficient (Wildman–Crippen LogP) is 1.82. The highest BCUT2D eigenvalue weighted by Gasteiger charge is 2.38. The number of amides is 1. The molecule has 0 aromatic carbocycles. The van der Waals surface area contributed by atoms with Crippen LogP contribution in [-0.4, -0.2) is 48.1 Å². The molecule has 0 saturated carbocycles. The fourth-order valence-electron chi connectivity index (χ4n) is 3.38. The molecule has 1 aromatic heterocycles. The van der Waals surface area contributed by atoms with Gasteiger partial charge in [-0.2, -0.15) is 0 Å². The van der Waals surface area contributed by atoms with Gasteiger partial charge in [0.2, 0.25) is 5.91 Å². The number of rotatable bonds is 3. The molecule has 3 heterocycles. The molecule has 0 N–H and O–H groups in total. The Morgan fingerprint density at radius 3 is 3.10 bits per heavy atom. The van der Waals surface area contributed by atoms with E-state index in [0.717, 1.165) is 37.3 Å². The zero-order valence-electron chi connectivity index (χ0n) is 12.8. The fraction of sp³-hybridized carbons (Fsp3) is 0.625. The van der Waals surface area contributed by atoms with Crippen LogP contribution in [0.3, 0.4) is 0 Å². The molecular weight excluding hydrogens is 266 g/mol. The number of fused-ring (bicyclic) bond motifs is 3. The maximum atomic E-state index is 12.4. The summed E-state index contributed by atoms with van der Waals surface area (Å²) in [5.41, 5.74) is 1.14. The van der Waals surface area contributed by atoms with Crippen LogP contribution in [0.4, 0.5) is 5.82 Å². The molecule has 0 aliphatic carbocycles. The summed E-state index contributed by atoms with van der Waals surface area (Å²) in [4.78, 5) is 21.2. The van der Waals surface area contributed by atoms with E-state index in [2.05, 4.69) is 16.0 Å². The highest BCUT2D eigenvalue weighted by Crippen LogP contribution is 2.32. The second-order valence-electron chi connectivity index (χ2n) is 5.91. The first-order valence-electron chi connectivity index (χ1n) is 7.74. The molecule has 0 unspecified atom stereocenters. The Labute approximate surface area is 125 Å². The van der Waals surface area contributed by atoms with Crippen LogP contribution in [0.1, 0.15) is 31.7 Å². The van der Waals surface area contributed by atoms with Crippen LogP contribution in [-0.2, 0) is 16.1 Å². The molecule has 2 aliphatic heterocycles. The van der Waals surface area contributed by atoms with Gasteiger partial charge < -0.3 is 14.5 Å².